The van der Waals surface area contributed by atoms with Crippen LogP contribution < -0.4 is 5.32 Å². The van der Waals surface area contributed by atoms with Crippen LogP contribution in [-0.4, -0.2) is 11.5 Å². The Morgan fingerprint density at radius 2 is 2.20 bits per heavy atom. The predicted molar refractivity (Wildman–Crippen MR) is 62.8 cm³/mol. The second-order valence-electron chi connectivity index (χ2n) is 4.07. The van der Waals surface area contributed by atoms with Gasteiger partial charge in [-0.3, -0.25) is 0 Å². The second kappa shape index (κ2) is 3.46. The standard InChI is InChI=1S/C13H14N2/c1-2-12(9-14-6-1)11-4-3-10-5-7-15-13(10)8-11/h1,3-8,12,14-15H,2,9H2. The molecule has 76 valence electrons. The Morgan fingerprint density at radius 1 is 1.20 bits per heavy atom. The van der Waals surface area contributed by atoms with Gasteiger partial charge in [0.2, 0.25) is 0 Å². The van der Waals surface area contributed by atoms with E-state index in [-0.39, 0.29) is 0 Å². The molecule has 0 spiro atoms. The first kappa shape index (κ1) is 8.60. The van der Waals surface area contributed by atoms with E-state index in [1.165, 1.54) is 16.5 Å². The summed E-state index contributed by atoms with van der Waals surface area (Å²) < 4.78 is 0. The van der Waals surface area contributed by atoms with Crippen LogP contribution in [0.3, 0.4) is 0 Å². The van der Waals surface area contributed by atoms with Gasteiger partial charge in [-0.2, -0.15) is 0 Å². The Bertz CT molecular complexity index is 496. The Labute approximate surface area is 89.0 Å². The summed E-state index contributed by atoms with van der Waals surface area (Å²) in [6, 6.07) is 8.81. The first-order valence-electron chi connectivity index (χ1n) is 5.39. The number of hydrogen-bond donors (Lipinski definition) is 2. The highest BCUT2D eigenvalue weighted by Crippen LogP contribution is 2.24. The van der Waals surface area contributed by atoms with Crippen molar-refractivity contribution in [1.82, 2.24) is 10.3 Å². The summed E-state index contributed by atoms with van der Waals surface area (Å²) in [5.74, 6) is 0.614. The Hall–Kier alpha value is -1.70. The number of aromatic amines is 1. The van der Waals surface area contributed by atoms with Gasteiger partial charge in [-0.05, 0) is 35.7 Å². The molecular formula is C13H14N2. The minimum atomic E-state index is 0.614. The maximum Gasteiger partial charge on any atom is 0.0456 e. The lowest BCUT2D eigenvalue weighted by molar-refractivity contribution is 0.626. The fourth-order valence-electron chi connectivity index (χ4n) is 2.18. The average molecular weight is 198 g/mol. The molecule has 0 saturated heterocycles. The first-order chi connectivity index (χ1) is 7.43. The lowest BCUT2D eigenvalue weighted by atomic mass is 9.93. The van der Waals surface area contributed by atoms with E-state index in [0.29, 0.717) is 5.92 Å². The van der Waals surface area contributed by atoms with Gasteiger partial charge in [0.25, 0.3) is 0 Å². The molecule has 1 atom stereocenters. The molecule has 1 aromatic carbocycles. The average Bonchev–Trinajstić information content (AvgIpc) is 2.77. The van der Waals surface area contributed by atoms with Crippen LogP contribution in [0.15, 0.2) is 42.7 Å². The van der Waals surface area contributed by atoms with Gasteiger partial charge in [0.05, 0.1) is 0 Å². The van der Waals surface area contributed by atoms with E-state index in [1.54, 1.807) is 0 Å². The van der Waals surface area contributed by atoms with E-state index < -0.39 is 0 Å². The first-order valence-corrected chi connectivity index (χ1v) is 5.39. The van der Waals surface area contributed by atoms with Gasteiger partial charge in [-0.1, -0.05) is 18.2 Å². The topological polar surface area (TPSA) is 27.8 Å². The van der Waals surface area contributed by atoms with Gasteiger partial charge in [0, 0.05) is 24.2 Å². The van der Waals surface area contributed by atoms with E-state index in [0.717, 1.165) is 13.0 Å². The zero-order valence-corrected chi connectivity index (χ0v) is 8.53. The third-order valence-corrected chi connectivity index (χ3v) is 3.07. The molecule has 0 radical (unpaired) electrons. The normalized spacial score (nSPS) is 20.4. The van der Waals surface area contributed by atoms with E-state index >= 15 is 0 Å². The van der Waals surface area contributed by atoms with Crippen molar-refractivity contribution < 1.29 is 0 Å². The summed E-state index contributed by atoms with van der Waals surface area (Å²) in [6.45, 7) is 1.04. The summed E-state index contributed by atoms with van der Waals surface area (Å²) in [5.41, 5.74) is 2.66. The Morgan fingerprint density at radius 3 is 3.07 bits per heavy atom. The molecule has 2 heteroatoms. The van der Waals surface area contributed by atoms with Crippen molar-refractivity contribution in [1.29, 1.82) is 0 Å². The number of rotatable bonds is 1. The van der Waals surface area contributed by atoms with Crippen LogP contribution in [0.1, 0.15) is 17.9 Å². The van der Waals surface area contributed by atoms with Gasteiger partial charge < -0.3 is 10.3 Å². The smallest absolute Gasteiger partial charge is 0.0456 e. The van der Waals surface area contributed by atoms with Gasteiger partial charge in [0.1, 0.15) is 0 Å². The minimum Gasteiger partial charge on any atom is -0.391 e. The van der Waals surface area contributed by atoms with Crippen molar-refractivity contribution in [2.24, 2.45) is 0 Å². The highest BCUT2D eigenvalue weighted by Gasteiger charge is 2.12. The second-order valence-corrected chi connectivity index (χ2v) is 4.07. The maximum absolute atomic E-state index is 3.28. The van der Waals surface area contributed by atoms with Crippen LogP contribution in [-0.2, 0) is 0 Å². The van der Waals surface area contributed by atoms with Crippen molar-refractivity contribution in [3.8, 4) is 0 Å². The highest BCUT2D eigenvalue weighted by molar-refractivity contribution is 5.80. The Kier molecular flexibility index (Phi) is 1.98. The molecule has 2 nitrogen and oxygen atoms in total. The molecule has 1 aliphatic rings. The van der Waals surface area contributed by atoms with Gasteiger partial charge in [-0.15, -0.1) is 0 Å². The molecular weight excluding hydrogens is 184 g/mol. The van der Waals surface area contributed by atoms with Crippen LogP contribution in [0.2, 0.25) is 0 Å². The molecule has 1 unspecified atom stereocenters. The lowest BCUT2D eigenvalue weighted by Crippen LogP contribution is -2.19. The van der Waals surface area contributed by atoms with Crippen molar-refractivity contribution in [2.75, 3.05) is 6.54 Å². The quantitative estimate of drug-likeness (QED) is 0.724. The molecule has 2 N–H and O–H groups in total. The number of H-pyrrole nitrogens is 1. The fraction of sp³-hybridized carbons (Fsp3) is 0.231. The zero-order valence-electron chi connectivity index (χ0n) is 8.53. The minimum absolute atomic E-state index is 0.614. The van der Waals surface area contributed by atoms with E-state index in [9.17, 15) is 0 Å². The fourth-order valence-corrected chi connectivity index (χ4v) is 2.18. The maximum atomic E-state index is 3.28. The molecule has 0 aliphatic carbocycles. The van der Waals surface area contributed by atoms with Crippen molar-refractivity contribution in [3.05, 3.63) is 48.3 Å². The van der Waals surface area contributed by atoms with E-state index in [1.807, 2.05) is 12.4 Å². The molecule has 0 bridgehead atoms. The molecule has 3 rings (SSSR count). The van der Waals surface area contributed by atoms with Gasteiger partial charge >= 0.3 is 0 Å². The van der Waals surface area contributed by atoms with Gasteiger partial charge in [0.15, 0.2) is 0 Å². The monoisotopic (exact) mass is 198 g/mol. The summed E-state index contributed by atoms with van der Waals surface area (Å²) in [4.78, 5) is 3.26. The highest BCUT2D eigenvalue weighted by atomic mass is 14.8. The van der Waals surface area contributed by atoms with Crippen LogP contribution in [0.4, 0.5) is 0 Å². The van der Waals surface area contributed by atoms with Crippen LogP contribution >= 0.6 is 0 Å². The molecule has 0 fully saturated rings. The third kappa shape index (κ3) is 1.52. The summed E-state index contributed by atoms with van der Waals surface area (Å²) >= 11 is 0. The molecule has 2 heterocycles. The summed E-state index contributed by atoms with van der Waals surface area (Å²) in [6.07, 6.45) is 7.38. The number of fused-ring (bicyclic) bond motifs is 1. The number of aromatic nitrogens is 1. The molecule has 15 heavy (non-hydrogen) atoms. The number of hydrogen-bond acceptors (Lipinski definition) is 1. The van der Waals surface area contributed by atoms with Crippen LogP contribution in [0.25, 0.3) is 10.9 Å². The van der Waals surface area contributed by atoms with Crippen LogP contribution in [0.5, 0.6) is 0 Å². The molecule has 1 aliphatic heterocycles. The number of benzene rings is 1. The van der Waals surface area contributed by atoms with Crippen LogP contribution in [0, 0.1) is 0 Å². The predicted octanol–water partition coefficient (Wildman–Crippen LogP) is 2.76. The number of allylic oxidation sites excluding steroid dienone is 1. The molecule has 2 aromatic rings. The molecule has 0 amide bonds. The van der Waals surface area contributed by atoms with Gasteiger partial charge in [-0.25, -0.2) is 0 Å². The van der Waals surface area contributed by atoms with Crippen molar-refractivity contribution in [3.63, 3.8) is 0 Å². The SMILES string of the molecule is C1=CNCC(c2ccc3cc[nH]c3c2)C1. The summed E-state index contributed by atoms with van der Waals surface area (Å²) in [7, 11) is 0. The summed E-state index contributed by atoms with van der Waals surface area (Å²) in [5, 5.41) is 4.57. The van der Waals surface area contributed by atoms with E-state index in [2.05, 4.69) is 40.6 Å². The zero-order chi connectivity index (χ0) is 10.1. The lowest BCUT2D eigenvalue weighted by Gasteiger charge is -2.19. The molecule has 1 aromatic heterocycles. The van der Waals surface area contributed by atoms with Crippen molar-refractivity contribution >= 4 is 10.9 Å². The van der Waals surface area contributed by atoms with Crippen molar-refractivity contribution in [2.45, 2.75) is 12.3 Å². The van der Waals surface area contributed by atoms with E-state index in [4.69, 9.17) is 0 Å². The third-order valence-electron chi connectivity index (χ3n) is 3.07. The largest absolute Gasteiger partial charge is 0.391 e. The number of nitrogens with one attached hydrogen (secondary N) is 2. The molecule has 0 saturated carbocycles. The Balaban J connectivity index is 1.99.